The highest BCUT2D eigenvalue weighted by Gasteiger charge is 2.10. The molecular formula is C16H16Cl2O. The summed E-state index contributed by atoms with van der Waals surface area (Å²) in [5.41, 5.74) is 2.38. The highest BCUT2D eigenvalue weighted by Crippen LogP contribution is 2.18. The Labute approximate surface area is 123 Å². The van der Waals surface area contributed by atoms with E-state index in [1.165, 1.54) is 11.1 Å². The third-order valence-corrected chi connectivity index (χ3v) is 3.64. The molecule has 1 nitrogen and oxygen atoms in total. The van der Waals surface area contributed by atoms with Crippen LogP contribution in [0.15, 0.2) is 48.5 Å². The van der Waals surface area contributed by atoms with Gasteiger partial charge in [-0.15, -0.1) is 0 Å². The molecule has 0 amide bonds. The number of rotatable bonds is 5. The number of hydrogen-bond donors (Lipinski definition) is 1. The Kier molecular flexibility index (Phi) is 5.26. The lowest BCUT2D eigenvalue weighted by Crippen LogP contribution is -2.12. The summed E-state index contributed by atoms with van der Waals surface area (Å²) >= 11 is 11.7. The lowest BCUT2D eigenvalue weighted by Gasteiger charge is -2.14. The Bertz CT molecular complexity index is 458. The quantitative estimate of drug-likeness (QED) is 0.867. The molecule has 2 aromatic rings. The number of hydrogen-bond acceptors (Lipinski definition) is 1. The molecule has 19 heavy (non-hydrogen) atoms. The van der Waals surface area contributed by atoms with Crippen LogP contribution in [0.3, 0.4) is 0 Å². The molecule has 2 rings (SSSR count). The van der Waals surface area contributed by atoms with Crippen molar-refractivity contribution in [3.8, 4) is 0 Å². The first-order chi connectivity index (χ1) is 9.17. The smallest absolute Gasteiger partial charge is 0.0465 e. The van der Waals surface area contributed by atoms with Gasteiger partial charge in [-0.3, -0.25) is 0 Å². The van der Waals surface area contributed by atoms with Gasteiger partial charge in [-0.25, -0.2) is 0 Å². The van der Waals surface area contributed by atoms with Gasteiger partial charge < -0.3 is 5.11 Å². The van der Waals surface area contributed by atoms with Crippen LogP contribution in [0, 0.1) is 5.92 Å². The molecule has 0 fully saturated rings. The fourth-order valence-electron chi connectivity index (χ4n) is 2.11. The summed E-state index contributed by atoms with van der Waals surface area (Å²) in [5.74, 6) is 0.211. The molecule has 0 bridgehead atoms. The average Bonchev–Trinajstić information content (AvgIpc) is 2.43. The summed E-state index contributed by atoms with van der Waals surface area (Å²) in [6.45, 7) is 0.172. The standard InChI is InChI=1S/C16H16Cl2O/c17-15-5-1-12(2-6-15)9-14(11-19)10-13-3-7-16(18)8-4-13/h1-8,14,19H,9-11H2. The second kappa shape index (κ2) is 6.95. The van der Waals surface area contributed by atoms with E-state index >= 15 is 0 Å². The van der Waals surface area contributed by atoms with Crippen molar-refractivity contribution >= 4 is 23.2 Å². The summed E-state index contributed by atoms with van der Waals surface area (Å²) in [6.07, 6.45) is 1.69. The van der Waals surface area contributed by atoms with Crippen molar-refractivity contribution in [1.82, 2.24) is 0 Å². The molecule has 0 heterocycles. The van der Waals surface area contributed by atoms with E-state index in [4.69, 9.17) is 23.2 Å². The third kappa shape index (κ3) is 4.54. The first kappa shape index (κ1) is 14.4. The van der Waals surface area contributed by atoms with Gasteiger partial charge in [0.25, 0.3) is 0 Å². The van der Waals surface area contributed by atoms with E-state index in [9.17, 15) is 5.11 Å². The van der Waals surface area contributed by atoms with Crippen LogP contribution in [0.4, 0.5) is 0 Å². The van der Waals surface area contributed by atoms with E-state index in [0.29, 0.717) is 0 Å². The Hall–Kier alpha value is -1.02. The van der Waals surface area contributed by atoms with Crippen molar-refractivity contribution in [2.75, 3.05) is 6.61 Å². The zero-order chi connectivity index (χ0) is 13.7. The number of halogens is 2. The fraction of sp³-hybridized carbons (Fsp3) is 0.250. The van der Waals surface area contributed by atoms with Crippen molar-refractivity contribution in [3.63, 3.8) is 0 Å². The maximum atomic E-state index is 9.51. The maximum absolute atomic E-state index is 9.51. The summed E-state index contributed by atoms with van der Waals surface area (Å²) < 4.78 is 0. The molecular weight excluding hydrogens is 279 g/mol. The molecule has 0 aliphatic carbocycles. The Balaban J connectivity index is 2.00. The van der Waals surface area contributed by atoms with Crippen molar-refractivity contribution in [2.24, 2.45) is 5.92 Å². The van der Waals surface area contributed by atoms with Crippen LogP contribution in [0.1, 0.15) is 11.1 Å². The van der Waals surface area contributed by atoms with Crippen molar-refractivity contribution in [3.05, 3.63) is 69.7 Å². The van der Waals surface area contributed by atoms with Gasteiger partial charge in [0.15, 0.2) is 0 Å². The molecule has 2 aromatic carbocycles. The molecule has 0 spiro atoms. The third-order valence-electron chi connectivity index (χ3n) is 3.13. The van der Waals surface area contributed by atoms with E-state index < -0.39 is 0 Å². The second-order valence-corrected chi connectivity index (χ2v) is 5.58. The van der Waals surface area contributed by atoms with Gasteiger partial charge in [0, 0.05) is 16.7 Å². The van der Waals surface area contributed by atoms with Crippen LogP contribution in [0.5, 0.6) is 0 Å². The summed E-state index contributed by atoms with van der Waals surface area (Å²) in [5, 5.41) is 11.0. The highest BCUT2D eigenvalue weighted by atomic mass is 35.5. The van der Waals surface area contributed by atoms with E-state index in [1.807, 2.05) is 48.5 Å². The van der Waals surface area contributed by atoms with E-state index in [-0.39, 0.29) is 12.5 Å². The van der Waals surface area contributed by atoms with Gasteiger partial charge in [-0.2, -0.15) is 0 Å². The van der Waals surface area contributed by atoms with Gasteiger partial charge in [0.2, 0.25) is 0 Å². The predicted molar refractivity (Wildman–Crippen MR) is 80.9 cm³/mol. The largest absolute Gasteiger partial charge is 0.396 e. The van der Waals surface area contributed by atoms with Crippen LogP contribution < -0.4 is 0 Å². The molecule has 0 aliphatic rings. The zero-order valence-corrected chi connectivity index (χ0v) is 12.0. The van der Waals surface area contributed by atoms with Gasteiger partial charge in [-0.1, -0.05) is 47.5 Å². The molecule has 0 saturated heterocycles. The first-order valence-electron chi connectivity index (χ1n) is 6.27. The number of aliphatic hydroxyl groups excluding tert-OH is 1. The summed E-state index contributed by atoms with van der Waals surface area (Å²) in [7, 11) is 0. The molecule has 0 saturated carbocycles. The minimum atomic E-state index is 0.172. The number of benzene rings is 2. The molecule has 0 atom stereocenters. The highest BCUT2D eigenvalue weighted by molar-refractivity contribution is 6.30. The van der Waals surface area contributed by atoms with Gasteiger partial charge in [0.05, 0.1) is 0 Å². The van der Waals surface area contributed by atoms with E-state index in [0.717, 1.165) is 22.9 Å². The second-order valence-electron chi connectivity index (χ2n) is 4.71. The Morgan fingerprint density at radius 3 is 1.42 bits per heavy atom. The van der Waals surface area contributed by atoms with Crippen LogP contribution in [0.2, 0.25) is 10.0 Å². The van der Waals surface area contributed by atoms with Crippen molar-refractivity contribution in [1.29, 1.82) is 0 Å². The van der Waals surface area contributed by atoms with Crippen LogP contribution in [-0.2, 0) is 12.8 Å². The normalized spacial score (nSPS) is 10.9. The van der Waals surface area contributed by atoms with Crippen LogP contribution in [0.25, 0.3) is 0 Å². The molecule has 0 radical (unpaired) electrons. The van der Waals surface area contributed by atoms with Crippen LogP contribution >= 0.6 is 23.2 Å². The monoisotopic (exact) mass is 294 g/mol. The van der Waals surface area contributed by atoms with E-state index in [2.05, 4.69) is 0 Å². The predicted octanol–water partition coefficient (Wildman–Crippen LogP) is 4.39. The molecule has 0 unspecified atom stereocenters. The maximum Gasteiger partial charge on any atom is 0.0465 e. The van der Waals surface area contributed by atoms with Gasteiger partial charge in [0.1, 0.15) is 0 Å². The average molecular weight is 295 g/mol. The van der Waals surface area contributed by atoms with Gasteiger partial charge >= 0.3 is 0 Å². The van der Waals surface area contributed by atoms with Crippen molar-refractivity contribution < 1.29 is 5.11 Å². The van der Waals surface area contributed by atoms with Crippen LogP contribution in [-0.4, -0.2) is 11.7 Å². The first-order valence-corrected chi connectivity index (χ1v) is 7.02. The minimum absolute atomic E-state index is 0.172. The minimum Gasteiger partial charge on any atom is -0.396 e. The summed E-state index contributed by atoms with van der Waals surface area (Å²) in [6, 6.07) is 15.6. The van der Waals surface area contributed by atoms with Crippen molar-refractivity contribution in [2.45, 2.75) is 12.8 Å². The molecule has 3 heteroatoms. The molecule has 1 N–H and O–H groups in total. The lowest BCUT2D eigenvalue weighted by atomic mass is 9.93. The zero-order valence-electron chi connectivity index (χ0n) is 10.5. The topological polar surface area (TPSA) is 20.2 Å². The molecule has 100 valence electrons. The Morgan fingerprint density at radius 2 is 1.11 bits per heavy atom. The van der Waals surface area contributed by atoms with E-state index in [1.54, 1.807) is 0 Å². The SMILES string of the molecule is OCC(Cc1ccc(Cl)cc1)Cc1ccc(Cl)cc1. The fourth-order valence-corrected chi connectivity index (χ4v) is 2.36. The molecule has 0 aromatic heterocycles. The lowest BCUT2D eigenvalue weighted by molar-refractivity contribution is 0.225. The number of aliphatic hydroxyl groups is 1. The Morgan fingerprint density at radius 1 is 0.737 bits per heavy atom. The summed E-state index contributed by atoms with van der Waals surface area (Å²) in [4.78, 5) is 0. The molecule has 0 aliphatic heterocycles. The van der Waals surface area contributed by atoms with Gasteiger partial charge in [-0.05, 0) is 54.2 Å².